The minimum atomic E-state index is 0.171. The first-order chi connectivity index (χ1) is 8.16. The highest BCUT2D eigenvalue weighted by Crippen LogP contribution is 2.17. The van der Waals surface area contributed by atoms with Crippen LogP contribution < -0.4 is 16.4 Å². The predicted octanol–water partition coefficient (Wildman–Crippen LogP) is 0.674. The van der Waals surface area contributed by atoms with Crippen molar-refractivity contribution < 1.29 is 0 Å². The van der Waals surface area contributed by atoms with Crippen LogP contribution in [-0.4, -0.2) is 37.0 Å². The molecule has 0 saturated carbocycles. The lowest BCUT2D eigenvalue weighted by Gasteiger charge is -2.23. The number of benzene rings is 1. The lowest BCUT2D eigenvalue weighted by molar-refractivity contribution is 0.440. The Labute approximate surface area is 102 Å². The first kappa shape index (κ1) is 11.6. The minimum Gasteiger partial charge on any atom is -0.399 e. The third-order valence-corrected chi connectivity index (χ3v) is 3.09. The second-order valence-electron chi connectivity index (χ2n) is 4.30. The number of hydrogen-bond acceptors (Lipinski definition) is 3. The summed E-state index contributed by atoms with van der Waals surface area (Å²) in [6, 6.07) is 7.92. The zero-order valence-corrected chi connectivity index (χ0v) is 9.89. The van der Waals surface area contributed by atoms with E-state index in [4.69, 9.17) is 16.9 Å². The fraction of sp³-hybridized carbons (Fsp3) is 0.417. The van der Waals surface area contributed by atoms with Gasteiger partial charge in [0.05, 0.1) is 0 Å². The number of nitrogens with two attached hydrogens (primary N) is 2. The van der Waals surface area contributed by atoms with Crippen LogP contribution in [0, 0.1) is 5.41 Å². The van der Waals surface area contributed by atoms with Gasteiger partial charge in [-0.25, -0.2) is 0 Å². The molecule has 2 rings (SSSR count). The van der Waals surface area contributed by atoms with Crippen LogP contribution in [0.2, 0.25) is 0 Å². The van der Waals surface area contributed by atoms with Gasteiger partial charge in [-0.05, 0) is 30.7 Å². The number of nitrogens with one attached hydrogen (secondary N) is 1. The maximum Gasteiger partial charge on any atom is 0.188 e. The largest absolute Gasteiger partial charge is 0.399 e. The highest BCUT2D eigenvalue weighted by molar-refractivity contribution is 5.74. The second-order valence-corrected chi connectivity index (χ2v) is 4.30. The number of rotatable bonds is 1. The molecule has 1 aromatic carbocycles. The van der Waals surface area contributed by atoms with Gasteiger partial charge in [0.15, 0.2) is 5.96 Å². The molecule has 1 aromatic rings. The molecule has 0 atom stereocenters. The SMILES string of the molecule is N=C(N)N1CCCN(c2ccc(N)cc2)CC1. The Bertz CT molecular complexity index is 386. The zero-order valence-electron chi connectivity index (χ0n) is 9.89. The molecule has 0 aromatic heterocycles. The van der Waals surface area contributed by atoms with Crippen LogP contribution in [0.15, 0.2) is 24.3 Å². The van der Waals surface area contributed by atoms with Crippen LogP contribution in [-0.2, 0) is 0 Å². The Morgan fingerprint density at radius 3 is 2.41 bits per heavy atom. The van der Waals surface area contributed by atoms with Gasteiger partial charge in [-0.2, -0.15) is 0 Å². The molecule has 17 heavy (non-hydrogen) atoms. The molecular weight excluding hydrogens is 214 g/mol. The van der Waals surface area contributed by atoms with Gasteiger partial charge in [0.1, 0.15) is 0 Å². The lowest BCUT2D eigenvalue weighted by atomic mass is 10.2. The van der Waals surface area contributed by atoms with Crippen molar-refractivity contribution in [1.29, 1.82) is 5.41 Å². The summed E-state index contributed by atoms with van der Waals surface area (Å²) in [5.74, 6) is 0.171. The average Bonchev–Trinajstić information content (AvgIpc) is 2.55. The summed E-state index contributed by atoms with van der Waals surface area (Å²) in [5, 5.41) is 7.45. The number of guanidine groups is 1. The summed E-state index contributed by atoms with van der Waals surface area (Å²) in [7, 11) is 0. The quantitative estimate of drug-likeness (QED) is 0.378. The Hall–Kier alpha value is -1.91. The van der Waals surface area contributed by atoms with E-state index in [0.717, 1.165) is 38.3 Å². The molecule has 0 radical (unpaired) electrons. The van der Waals surface area contributed by atoms with E-state index in [0.29, 0.717) is 0 Å². The summed E-state index contributed by atoms with van der Waals surface area (Å²) in [6.45, 7) is 3.55. The Kier molecular flexibility index (Phi) is 3.37. The fourth-order valence-electron chi connectivity index (χ4n) is 2.10. The number of hydrogen-bond donors (Lipinski definition) is 3. The van der Waals surface area contributed by atoms with Crippen molar-refractivity contribution in [3.63, 3.8) is 0 Å². The minimum absolute atomic E-state index is 0.171. The molecule has 5 nitrogen and oxygen atoms in total. The maximum absolute atomic E-state index is 7.45. The molecule has 1 aliphatic heterocycles. The van der Waals surface area contributed by atoms with Crippen LogP contribution in [0.4, 0.5) is 11.4 Å². The molecule has 1 saturated heterocycles. The molecule has 0 bridgehead atoms. The molecular formula is C12H19N5. The first-order valence-electron chi connectivity index (χ1n) is 5.86. The topological polar surface area (TPSA) is 82.4 Å². The van der Waals surface area contributed by atoms with E-state index in [-0.39, 0.29) is 5.96 Å². The number of nitrogens with zero attached hydrogens (tertiary/aromatic N) is 2. The molecule has 5 N–H and O–H groups in total. The summed E-state index contributed by atoms with van der Waals surface area (Å²) in [4.78, 5) is 4.22. The zero-order chi connectivity index (χ0) is 12.3. The van der Waals surface area contributed by atoms with E-state index in [1.165, 1.54) is 5.69 Å². The van der Waals surface area contributed by atoms with Crippen LogP contribution in [0.1, 0.15) is 6.42 Å². The van der Waals surface area contributed by atoms with Crippen molar-refractivity contribution in [2.75, 3.05) is 36.8 Å². The third-order valence-electron chi connectivity index (χ3n) is 3.09. The molecule has 1 heterocycles. The van der Waals surface area contributed by atoms with Crippen LogP contribution in [0.3, 0.4) is 0 Å². The van der Waals surface area contributed by atoms with Gasteiger partial charge in [-0.3, -0.25) is 5.41 Å². The van der Waals surface area contributed by atoms with E-state index in [9.17, 15) is 0 Å². The summed E-state index contributed by atoms with van der Waals surface area (Å²) in [6.07, 6.45) is 1.02. The van der Waals surface area contributed by atoms with E-state index in [1.807, 2.05) is 29.2 Å². The van der Waals surface area contributed by atoms with Gasteiger partial charge in [0, 0.05) is 37.6 Å². The van der Waals surface area contributed by atoms with Crippen molar-refractivity contribution in [3.8, 4) is 0 Å². The Morgan fingerprint density at radius 1 is 1.06 bits per heavy atom. The van der Waals surface area contributed by atoms with Crippen molar-refractivity contribution in [2.24, 2.45) is 5.73 Å². The summed E-state index contributed by atoms with van der Waals surface area (Å²) in [5.41, 5.74) is 13.2. The molecule has 0 unspecified atom stereocenters. The average molecular weight is 233 g/mol. The lowest BCUT2D eigenvalue weighted by Crippen LogP contribution is -2.39. The Balaban J connectivity index is 2.03. The molecule has 1 aliphatic rings. The molecule has 1 fully saturated rings. The molecule has 0 spiro atoms. The molecule has 0 amide bonds. The van der Waals surface area contributed by atoms with E-state index in [2.05, 4.69) is 4.90 Å². The molecule has 0 aliphatic carbocycles. The van der Waals surface area contributed by atoms with Crippen molar-refractivity contribution in [1.82, 2.24) is 4.90 Å². The van der Waals surface area contributed by atoms with Gasteiger partial charge in [-0.15, -0.1) is 0 Å². The van der Waals surface area contributed by atoms with Gasteiger partial charge in [0.25, 0.3) is 0 Å². The fourth-order valence-corrected chi connectivity index (χ4v) is 2.10. The van der Waals surface area contributed by atoms with Crippen molar-refractivity contribution >= 4 is 17.3 Å². The van der Waals surface area contributed by atoms with Gasteiger partial charge in [-0.1, -0.05) is 0 Å². The van der Waals surface area contributed by atoms with Crippen molar-refractivity contribution in [2.45, 2.75) is 6.42 Å². The predicted molar refractivity (Wildman–Crippen MR) is 71.2 cm³/mol. The monoisotopic (exact) mass is 233 g/mol. The maximum atomic E-state index is 7.45. The first-order valence-corrected chi connectivity index (χ1v) is 5.86. The summed E-state index contributed by atoms with van der Waals surface area (Å²) >= 11 is 0. The van der Waals surface area contributed by atoms with Crippen LogP contribution in [0.5, 0.6) is 0 Å². The second kappa shape index (κ2) is 4.95. The van der Waals surface area contributed by atoms with E-state index in [1.54, 1.807) is 0 Å². The molecule has 92 valence electrons. The third kappa shape index (κ3) is 2.81. The highest BCUT2D eigenvalue weighted by atomic mass is 15.3. The Morgan fingerprint density at radius 2 is 1.76 bits per heavy atom. The highest BCUT2D eigenvalue weighted by Gasteiger charge is 2.15. The van der Waals surface area contributed by atoms with Gasteiger partial charge in [0.2, 0.25) is 0 Å². The molecule has 5 heteroatoms. The van der Waals surface area contributed by atoms with Gasteiger partial charge < -0.3 is 21.3 Å². The smallest absolute Gasteiger partial charge is 0.188 e. The van der Waals surface area contributed by atoms with Crippen LogP contribution in [0.25, 0.3) is 0 Å². The van der Waals surface area contributed by atoms with Crippen molar-refractivity contribution in [3.05, 3.63) is 24.3 Å². The van der Waals surface area contributed by atoms with E-state index >= 15 is 0 Å². The standard InChI is InChI=1S/C12H19N5/c13-10-2-4-11(5-3-10)16-6-1-7-17(9-8-16)12(14)15/h2-5H,1,6-9,13H2,(H3,14,15). The van der Waals surface area contributed by atoms with E-state index < -0.39 is 0 Å². The normalized spacial score (nSPS) is 16.7. The number of anilines is 2. The summed E-state index contributed by atoms with van der Waals surface area (Å²) < 4.78 is 0. The van der Waals surface area contributed by atoms with Gasteiger partial charge >= 0.3 is 0 Å². The van der Waals surface area contributed by atoms with Crippen LogP contribution >= 0.6 is 0 Å². The number of nitrogen functional groups attached to an aromatic ring is 1.